The molecule has 0 aliphatic rings. The minimum absolute atomic E-state index is 0.0211. The van der Waals surface area contributed by atoms with Gasteiger partial charge in [0.2, 0.25) is 0 Å². The van der Waals surface area contributed by atoms with Crippen molar-refractivity contribution in [3.63, 3.8) is 0 Å². The minimum Gasteiger partial charge on any atom is -0.258 e. The van der Waals surface area contributed by atoms with Crippen molar-refractivity contribution in [2.24, 2.45) is 15.9 Å². The number of hydrogen-bond donors (Lipinski definition) is 0. The van der Waals surface area contributed by atoms with Crippen molar-refractivity contribution in [3.8, 4) is 11.1 Å². The van der Waals surface area contributed by atoms with E-state index in [-0.39, 0.29) is 6.04 Å². The summed E-state index contributed by atoms with van der Waals surface area (Å²) in [5.41, 5.74) is 6.64. The first kappa shape index (κ1) is 29.4. The summed E-state index contributed by atoms with van der Waals surface area (Å²) in [6.45, 7) is 6.61. The van der Waals surface area contributed by atoms with E-state index in [4.69, 9.17) is 9.98 Å². The highest BCUT2D eigenvalue weighted by Crippen LogP contribution is 2.37. The van der Waals surface area contributed by atoms with Gasteiger partial charge in [-0.2, -0.15) is 0 Å². The lowest BCUT2D eigenvalue weighted by molar-refractivity contribution is 0.459. The smallest absolute Gasteiger partial charge is 0.155 e. The third kappa shape index (κ3) is 5.75. The quantitative estimate of drug-likeness (QED) is 0.0996. The molecule has 0 N–H and O–H groups in total. The second-order valence-electron chi connectivity index (χ2n) is 12.2. The topological polar surface area (TPSA) is 24.7 Å². The molecule has 2 nitrogen and oxygen atoms in total. The van der Waals surface area contributed by atoms with Crippen LogP contribution in [-0.4, -0.2) is 11.5 Å². The second kappa shape index (κ2) is 12.9. The van der Waals surface area contributed by atoms with Crippen molar-refractivity contribution < 1.29 is 0 Å². The average Bonchev–Trinajstić information content (AvgIpc) is 3.13. The molecule has 0 saturated heterocycles. The number of hydrogen-bond acceptors (Lipinski definition) is 1. The van der Waals surface area contributed by atoms with Crippen LogP contribution in [0.3, 0.4) is 0 Å². The fourth-order valence-electron chi connectivity index (χ4n) is 6.53. The molecule has 0 aromatic heterocycles. The van der Waals surface area contributed by atoms with Crippen LogP contribution in [0.1, 0.15) is 49.9 Å². The fourth-order valence-corrected chi connectivity index (χ4v) is 6.53. The summed E-state index contributed by atoms with van der Waals surface area (Å²) in [5, 5.41) is 7.72. The number of fused-ring (bicyclic) bond motifs is 6. The van der Waals surface area contributed by atoms with Gasteiger partial charge in [-0.25, -0.2) is 4.99 Å². The predicted molar refractivity (Wildman–Crippen MR) is 198 cm³/mol. The Kier molecular flexibility index (Phi) is 8.27. The van der Waals surface area contributed by atoms with Crippen LogP contribution in [0.5, 0.6) is 0 Å². The Morgan fingerprint density at radius 3 is 1.67 bits per heavy atom. The molecule has 0 fully saturated rings. The van der Waals surface area contributed by atoms with Crippen LogP contribution in [0.4, 0.5) is 0 Å². The van der Waals surface area contributed by atoms with Gasteiger partial charge in [-0.1, -0.05) is 160 Å². The summed E-state index contributed by atoms with van der Waals surface area (Å²) in [5.74, 6) is 1.14. The zero-order valence-corrected chi connectivity index (χ0v) is 26.7. The zero-order chi connectivity index (χ0) is 31.5. The normalized spacial score (nSPS) is 13.7. The number of rotatable bonds is 7. The van der Waals surface area contributed by atoms with Gasteiger partial charge < -0.3 is 0 Å². The maximum absolute atomic E-state index is 5.35. The van der Waals surface area contributed by atoms with Crippen LogP contribution in [0, 0.1) is 5.92 Å². The van der Waals surface area contributed by atoms with Gasteiger partial charge in [0.05, 0.1) is 6.04 Å². The molecule has 7 rings (SSSR count). The van der Waals surface area contributed by atoms with Crippen LogP contribution >= 0.6 is 0 Å². The van der Waals surface area contributed by atoms with Crippen LogP contribution in [0.15, 0.2) is 162 Å². The first-order valence-corrected chi connectivity index (χ1v) is 16.3. The molecule has 7 aromatic rings. The molecule has 0 aliphatic heterocycles. The third-order valence-corrected chi connectivity index (χ3v) is 9.25. The summed E-state index contributed by atoms with van der Waals surface area (Å²) in [7, 11) is 0. The highest BCUT2D eigenvalue weighted by Gasteiger charge is 2.19. The standard InChI is InChI=1S/C44H38N2/c1-4-30(2)43(32-16-7-5-8-17-32)46-44(33-18-9-6-10-19-33)45-31(3)34-20-15-21-35(28-34)36-26-27-41-39-24-12-11-22-37(39)38-23-13-14-25-40(38)42(41)29-36/h5-30,43H,4H2,1-3H3/t30?,43-/m1/s1. The number of benzene rings is 7. The fraction of sp³-hybridized carbons (Fsp3) is 0.136. The molecule has 0 aliphatic carbocycles. The summed E-state index contributed by atoms with van der Waals surface area (Å²) in [6, 6.07) is 54.1. The molecular formula is C44H38N2. The summed E-state index contributed by atoms with van der Waals surface area (Å²) in [6.07, 6.45) is 1.03. The highest BCUT2D eigenvalue weighted by molar-refractivity contribution is 6.25. The van der Waals surface area contributed by atoms with E-state index < -0.39 is 0 Å². The number of nitrogens with zero attached hydrogens (tertiary/aromatic N) is 2. The number of aliphatic imine (C=N–C) groups is 2. The lowest BCUT2D eigenvalue weighted by atomic mass is 9.91. The van der Waals surface area contributed by atoms with Crippen LogP contribution in [0.2, 0.25) is 0 Å². The van der Waals surface area contributed by atoms with Gasteiger partial charge in [-0.05, 0) is 79.5 Å². The van der Waals surface area contributed by atoms with E-state index in [0.717, 1.165) is 29.1 Å². The molecule has 2 atom stereocenters. The van der Waals surface area contributed by atoms with Crippen molar-refractivity contribution in [1.29, 1.82) is 0 Å². The van der Waals surface area contributed by atoms with Crippen molar-refractivity contribution in [2.75, 3.05) is 0 Å². The van der Waals surface area contributed by atoms with Crippen LogP contribution in [0.25, 0.3) is 43.4 Å². The van der Waals surface area contributed by atoms with Crippen LogP contribution in [-0.2, 0) is 0 Å². The molecule has 0 saturated carbocycles. The Bertz CT molecular complexity index is 2180. The molecule has 224 valence electrons. The summed E-state index contributed by atoms with van der Waals surface area (Å²) in [4.78, 5) is 10.6. The molecular weight excluding hydrogens is 556 g/mol. The predicted octanol–water partition coefficient (Wildman–Crippen LogP) is 11.9. The van der Waals surface area contributed by atoms with E-state index in [2.05, 4.69) is 166 Å². The SMILES string of the molecule is CCC(C)[C@@H](N=C(N=C(C)c1cccc(-c2ccc3c4ccccc4c4ccccc4c3c2)c1)c1ccccc1)c1ccccc1. The van der Waals surface area contributed by atoms with Crippen molar-refractivity contribution >= 4 is 43.9 Å². The van der Waals surface area contributed by atoms with E-state index >= 15 is 0 Å². The first-order valence-electron chi connectivity index (χ1n) is 16.3. The van der Waals surface area contributed by atoms with Crippen LogP contribution < -0.4 is 0 Å². The molecule has 7 aromatic carbocycles. The largest absolute Gasteiger partial charge is 0.258 e. The monoisotopic (exact) mass is 594 g/mol. The Morgan fingerprint density at radius 2 is 1.04 bits per heavy atom. The summed E-state index contributed by atoms with van der Waals surface area (Å²) >= 11 is 0. The van der Waals surface area contributed by atoms with Gasteiger partial charge in [-0.15, -0.1) is 0 Å². The lowest BCUT2D eigenvalue weighted by Gasteiger charge is -2.21. The van der Waals surface area contributed by atoms with Gasteiger partial charge in [0.1, 0.15) is 0 Å². The Hall–Kier alpha value is -5.34. The number of amidine groups is 1. The van der Waals surface area contributed by atoms with E-state index in [1.807, 2.05) is 6.07 Å². The van der Waals surface area contributed by atoms with Crippen molar-refractivity contribution in [1.82, 2.24) is 0 Å². The van der Waals surface area contributed by atoms with Gasteiger partial charge in [0.25, 0.3) is 0 Å². The van der Waals surface area contributed by atoms with E-state index in [1.165, 1.54) is 49.0 Å². The van der Waals surface area contributed by atoms with E-state index in [9.17, 15) is 0 Å². The zero-order valence-electron chi connectivity index (χ0n) is 26.7. The van der Waals surface area contributed by atoms with Crippen molar-refractivity contribution in [2.45, 2.75) is 33.2 Å². The first-order chi connectivity index (χ1) is 22.6. The molecule has 0 amide bonds. The highest BCUT2D eigenvalue weighted by atomic mass is 14.9. The van der Waals surface area contributed by atoms with Gasteiger partial charge in [0, 0.05) is 11.3 Å². The Balaban J connectivity index is 1.32. The second-order valence-corrected chi connectivity index (χ2v) is 12.2. The lowest BCUT2D eigenvalue weighted by Crippen LogP contribution is -2.12. The van der Waals surface area contributed by atoms with Gasteiger partial charge >= 0.3 is 0 Å². The minimum atomic E-state index is 0.0211. The van der Waals surface area contributed by atoms with E-state index in [1.54, 1.807) is 0 Å². The van der Waals surface area contributed by atoms with Gasteiger partial charge in [-0.3, -0.25) is 4.99 Å². The van der Waals surface area contributed by atoms with Crippen molar-refractivity contribution in [3.05, 3.63) is 168 Å². The summed E-state index contributed by atoms with van der Waals surface area (Å²) < 4.78 is 0. The molecule has 2 heteroatoms. The molecule has 1 unspecified atom stereocenters. The van der Waals surface area contributed by atoms with Gasteiger partial charge in [0.15, 0.2) is 5.84 Å². The Labute approximate surface area is 271 Å². The molecule has 46 heavy (non-hydrogen) atoms. The molecule has 0 bridgehead atoms. The molecule has 0 radical (unpaired) electrons. The average molecular weight is 595 g/mol. The maximum Gasteiger partial charge on any atom is 0.155 e. The third-order valence-electron chi connectivity index (χ3n) is 9.25. The molecule has 0 heterocycles. The Morgan fingerprint density at radius 1 is 0.522 bits per heavy atom. The molecule has 0 spiro atoms. The maximum atomic E-state index is 5.35. The van der Waals surface area contributed by atoms with E-state index in [0.29, 0.717) is 5.92 Å².